The van der Waals surface area contributed by atoms with Crippen LogP contribution < -0.4 is 10.6 Å². The van der Waals surface area contributed by atoms with Crippen molar-refractivity contribution < 1.29 is 4.79 Å². The number of benzene rings is 2. The summed E-state index contributed by atoms with van der Waals surface area (Å²) in [4.78, 5) is 16.5. The number of hydrogen-bond acceptors (Lipinski definition) is 4. The molecule has 1 amide bonds. The van der Waals surface area contributed by atoms with Gasteiger partial charge in [0, 0.05) is 17.6 Å². The fourth-order valence-corrected chi connectivity index (χ4v) is 2.27. The molecule has 0 spiro atoms. The maximum atomic E-state index is 12.4. The number of hydrogen-bond donors (Lipinski definition) is 2. The minimum Gasteiger partial charge on any atom is -0.354 e. The Labute approximate surface area is 146 Å². The number of aromatic nitrogens is 1. The molecule has 122 valence electrons. The van der Waals surface area contributed by atoms with Crippen LogP contribution in [0.25, 0.3) is 0 Å². The van der Waals surface area contributed by atoms with E-state index in [9.17, 15) is 4.79 Å². The molecule has 2 aromatic carbocycles. The van der Waals surface area contributed by atoms with E-state index in [0.29, 0.717) is 16.8 Å². The highest BCUT2D eigenvalue weighted by atomic mass is 16.1. The van der Waals surface area contributed by atoms with Gasteiger partial charge in [0.2, 0.25) is 0 Å². The zero-order chi connectivity index (χ0) is 17.6. The highest BCUT2D eigenvalue weighted by Crippen LogP contribution is 2.18. The summed E-state index contributed by atoms with van der Waals surface area (Å²) in [5, 5.41) is 14.8. The molecule has 5 heteroatoms. The summed E-state index contributed by atoms with van der Waals surface area (Å²) in [7, 11) is 0. The van der Waals surface area contributed by atoms with Gasteiger partial charge in [-0.05, 0) is 49.4 Å². The Morgan fingerprint density at radius 2 is 1.64 bits per heavy atom. The second-order valence-corrected chi connectivity index (χ2v) is 5.60. The molecule has 0 saturated carbocycles. The smallest absolute Gasteiger partial charge is 0.257 e. The van der Waals surface area contributed by atoms with E-state index in [1.165, 1.54) is 6.20 Å². The summed E-state index contributed by atoms with van der Waals surface area (Å²) < 4.78 is 0. The van der Waals surface area contributed by atoms with Crippen LogP contribution in [-0.4, -0.2) is 10.9 Å². The first-order chi connectivity index (χ1) is 12.1. The number of pyridine rings is 1. The lowest BCUT2D eigenvalue weighted by atomic mass is 10.2. The molecule has 0 radical (unpaired) electrons. The molecule has 3 aromatic rings. The molecule has 0 aliphatic carbocycles. The second-order valence-electron chi connectivity index (χ2n) is 5.60. The number of amides is 1. The minimum absolute atomic E-state index is 0.222. The number of nitrogens with one attached hydrogen (secondary N) is 2. The molecular weight excluding hydrogens is 312 g/mol. The molecule has 0 atom stereocenters. The quantitative estimate of drug-likeness (QED) is 0.750. The van der Waals surface area contributed by atoms with Crippen molar-refractivity contribution in [2.45, 2.75) is 6.92 Å². The lowest BCUT2D eigenvalue weighted by molar-refractivity contribution is 0.102. The van der Waals surface area contributed by atoms with Crippen LogP contribution >= 0.6 is 0 Å². The summed E-state index contributed by atoms with van der Waals surface area (Å²) in [5.74, 6) is -0.222. The Balaban J connectivity index is 1.72. The molecule has 0 bridgehead atoms. The first-order valence-corrected chi connectivity index (χ1v) is 7.74. The Kier molecular flexibility index (Phi) is 4.72. The summed E-state index contributed by atoms with van der Waals surface area (Å²) in [6.45, 7) is 1.99. The van der Waals surface area contributed by atoms with Crippen LogP contribution in [-0.2, 0) is 0 Å². The van der Waals surface area contributed by atoms with Gasteiger partial charge in [-0.2, -0.15) is 5.26 Å². The van der Waals surface area contributed by atoms with Gasteiger partial charge in [-0.15, -0.1) is 0 Å². The maximum Gasteiger partial charge on any atom is 0.257 e. The number of nitrogens with zero attached hydrogens (tertiary/aromatic N) is 2. The van der Waals surface area contributed by atoms with Crippen molar-refractivity contribution in [1.29, 1.82) is 5.26 Å². The molecule has 0 fully saturated rings. The van der Waals surface area contributed by atoms with Gasteiger partial charge in [0.25, 0.3) is 5.91 Å². The summed E-state index contributed by atoms with van der Waals surface area (Å²) in [6, 6.07) is 18.5. The van der Waals surface area contributed by atoms with Crippen LogP contribution in [0.5, 0.6) is 0 Å². The second kappa shape index (κ2) is 7.28. The maximum absolute atomic E-state index is 12.4. The van der Waals surface area contributed by atoms with E-state index in [2.05, 4.69) is 21.7 Å². The number of aryl methyl sites for hydroxylation is 1. The van der Waals surface area contributed by atoms with Crippen molar-refractivity contribution in [2.75, 3.05) is 10.6 Å². The number of anilines is 3. The fourth-order valence-electron chi connectivity index (χ4n) is 2.27. The van der Waals surface area contributed by atoms with Gasteiger partial charge >= 0.3 is 0 Å². The van der Waals surface area contributed by atoms with Crippen molar-refractivity contribution in [3.8, 4) is 6.07 Å². The molecule has 1 aromatic heterocycles. The molecule has 0 aliphatic heterocycles. The van der Waals surface area contributed by atoms with E-state index in [0.717, 1.165) is 16.9 Å². The summed E-state index contributed by atoms with van der Waals surface area (Å²) in [6.07, 6.45) is 3.16. The third kappa shape index (κ3) is 4.21. The molecule has 5 nitrogen and oxygen atoms in total. The van der Waals surface area contributed by atoms with Crippen LogP contribution in [0.1, 0.15) is 21.5 Å². The van der Waals surface area contributed by atoms with E-state index in [1.54, 1.807) is 36.5 Å². The first-order valence-electron chi connectivity index (χ1n) is 7.74. The van der Waals surface area contributed by atoms with Crippen LogP contribution in [0, 0.1) is 18.3 Å². The van der Waals surface area contributed by atoms with Gasteiger partial charge in [-0.3, -0.25) is 9.78 Å². The Morgan fingerprint density at radius 3 is 2.32 bits per heavy atom. The van der Waals surface area contributed by atoms with Crippen molar-refractivity contribution in [3.05, 3.63) is 83.7 Å². The molecular formula is C20H16N4O. The van der Waals surface area contributed by atoms with Gasteiger partial charge in [0.05, 0.1) is 29.1 Å². The number of rotatable bonds is 4. The largest absolute Gasteiger partial charge is 0.354 e. The summed E-state index contributed by atoms with van der Waals surface area (Å²) in [5.41, 5.74) is 4.43. The molecule has 25 heavy (non-hydrogen) atoms. The topological polar surface area (TPSA) is 77.8 Å². The molecule has 0 aliphatic rings. The lowest BCUT2D eigenvalue weighted by Crippen LogP contribution is -2.12. The standard InChI is InChI=1S/C20H16N4O/c1-14-2-6-18(7-3-14)24-20(25)16-10-19(13-22-12-16)23-17-8-4-15(11-21)5-9-17/h2-10,12-13,23H,1H3,(H,24,25). The average Bonchev–Trinajstić information content (AvgIpc) is 2.64. The Bertz CT molecular complexity index is 925. The van der Waals surface area contributed by atoms with Crippen molar-refractivity contribution in [2.24, 2.45) is 0 Å². The Morgan fingerprint density at radius 1 is 0.960 bits per heavy atom. The number of carbonyl (C=O) groups excluding carboxylic acids is 1. The van der Waals surface area contributed by atoms with Crippen LogP contribution in [0.4, 0.5) is 17.1 Å². The monoisotopic (exact) mass is 328 g/mol. The van der Waals surface area contributed by atoms with Crippen molar-refractivity contribution >= 4 is 23.0 Å². The summed E-state index contributed by atoms with van der Waals surface area (Å²) >= 11 is 0. The highest BCUT2D eigenvalue weighted by Gasteiger charge is 2.08. The van der Waals surface area contributed by atoms with Gasteiger partial charge in [-0.25, -0.2) is 0 Å². The average molecular weight is 328 g/mol. The zero-order valence-electron chi connectivity index (χ0n) is 13.7. The van der Waals surface area contributed by atoms with E-state index in [1.807, 2.05) is 31.2 Å². The fraction of sp³-hybridized carbons (Fsp3) is 0.0500. The third-order valence-electron chi connectivity index (χ3n) is 3.61. The zero-order valence-corrected chi connectivity index (χ0v) is 13.7. The Hall–Kier alpha value is -3.65. The van der Waals surface area contributed by atoms with Crippen LogP contribution in [0.2, 0.25) is 0 Å². The van der Waals surface area contributed by atoms with E-state index >= 15 is 0 Å². The molecule has 2 N–H and O–H groups in total. The number of carbonyl (C=O) groups is 1. The predicted octanol–water partition coefficient (Wildman–Crippen LogP) is 4.26. The predicted molar refractivity (Wildman–Crippen MR) is 97.8 cm³/mol. The van der Waals surface area contributed by atoms with E-state index < -0.39 is 0 Å². The van der Waals surface area contributed by atoms with Crippen LogP contribution in [0.15, 0.2) is 67.0 Å². The van der Waals surface area contributed by atoms with Gasteiger partial charge in [0.1, 0.15) is 0 Å². The van der Waals surface area contributed by atoms with E-state index in [-0.39, 0.29) is 5.91 Å². The van der Waals surface area contributed by atoms with Crippen molar-refractivity contribution in [3.63, 3.8) is 0 Å². The molecule has 0 unspecified atom stereocenters. The SMILES string of the molecule is Cc1ccc(NC(=O)c2cncc(Nc3ccc(C#N)cc3)c2)cc1. The first kappa shape index (κ1) is 16.2. The van der Waals surface area contributed by atoms with Crippen molar-refractivity contribution in [1.82, 2.24) is 4.98 Å². The van der Waals surface area contributed by atoms with Crippen LogP contribution in [0.3, 0.4) is 0 Å². The van der Waals surface area contributed by atoms with Gasteiger partial charge in [0.15, 0.2) is 0 Å². The third-order valence-corrected chi connectivity index (χ3v) is 3.61. The lowest BCUT2D eigenvalue weighted by Gasteiger charge is -2.09. The number of nitriles is 1. The highest BCUT2D eigenvalue weighted by molar-refractivity contribution is 6.04. The van der Waals surface area contributed by atoms with Gasteiger partial charge < -0.3 is 10.6 Å². The molecule has 0 saturated heterocycles. The minimum atomic E-state index is -0.222. The van der Waals surface area contributed by atoms with E-state index in [4.69, 9.17) is 5.26 Å². The normalized spacial score (nSPS) is 9.92. The molecule has 3 rings (SSSR count). The molecule has 1 heterocycles. The van der Waals surface area contributed by atoms with Gasteiger partial charge in [-0.1, -0.05) is 17.7 Å².